The molecule has 2 aromatic rings. The van der Waals surface area contributed by atoms with Gasteiger partial charge >= 0.3 is 0 Å². The summed E-state index contributed by atoms with van der Waals surface area (Å²) < 4.78 is 0. The summed E-state index contributed by atoms with van der Waals surface area (Å²) in [6.45, 7) is 3.65. The summed E-state index contributed by atoms with van der Waals surface area (Å²) in [6, 6.07) is 8.01. The standard InChI is InChI=1S/C21H28N6O/c22-21(28)17-6-7-19(27-12-10-23-11-13-27)26-20(17)15-8-9-24-18(14-15)25-16-4-2-1-3-5-16/h6-9,14,16,23H,1-5,10-13H2,(H2,22,28)(H,24,25). The number of nitrogens with zero attached hydrogens (tertiary/aromatic N) is 3. The fourth-order valence-electron chi connectivity index (χ4n) is 4.05. The van der Waals surface area contributed by atoms with E-state index in [2.05, 4.69) is 20.5 Å². The van der Waals surface area contributed by atoms with Gasteiger partial charge in [0, 0.05) is 44.0 Å². The van der Waals surface area contributed by atoms with E-state index in [-0.39, 0.29) is 0 Å². The highest BCUT2D eigenvalue weighted by Crippen LogP contribution is 2.28. The second-order valence-corrected chi connectivity index (χ2v) is 7.58. The first kappa shape index (κ1) is 18.7. The van der Waals surface area contributed by atoms with Crippen molar-refractivity contribution < 1.29 is 4.79 Å². The molecule has 1 saturated heterocycles. The third kappa shape index (κ3) is 4.25. The van der Waals surface area contributed by atoms with Crippen molar-refractivity contribution in [2.75, 3.05) is 36.4 Å². The summed E-state index contributed by atoms with van der Waals surface area (Å²) in [5, 5.41) is 6.89. The van der Waals surface area contributed by atoms with Gasteiger partial charge < -0.3 is 21.3 Å². The topological polar surface area (TPSA) is 96.2 Å². The first-order valence-electron chi connectivity index (χ1n) is 10.2. The summed E-state index contributed by atoms with van der Waals surface area (Å²) in [7, 11) is 0. The predicted molar refractivity (Wildman–Crippen MR) is 112 cm³/mol. The molecular formula is C21H28N6O. The Kier molecular flexibility index (Phi) is 5.71. The predicted octanol–water partition coefficient (Wildman–Crippen LogP) is 2.40. The van der Waals surface area contributed by atoms with Crippen LogP contribution in [0.25, 0.3) is 11.3 Å². The first-order chi connectivity index (χ1) is 13.7. The number of carbonyl (C=O) groups excluding carboxylic acids is 1. The van der Waals surface area contributed by atoms with Crippen molar-refractivity contribution >= 4 is 17.5 Å². The third-order valence-corrected chi connectivity index (χ3v) is 5.58. The molecule has 7 nitrogen and oxygen atoms in total. The van der Waals surface area contributed by atoms with Gasteiger partial charge in [-0.25, -0.2) is 9.97 Å². The number of hydrogen-bond donors (Lipinski definition) is 3. The van der Waals surface area contributed by atoms with Crippen LogP contribution in [0.2, 0.25) is 0 Å². The summed E-state index contributed by atoms with van der Waals surface area (Å²) in [4.78, 5) is 23.5. The zero-order valence-electron chi connectivity index (χ0n) is 16.2. The van der Waals surface area contributed by atoms with Gasteiger partial charge in [-0.05, 0) is 37.1 Å². The Labute approximate surface area is 165 Å². The molecule has 1 aliphatic heterocycles. The lowest BCUT2D eigenvalue weighted by Crippen LogP contribution is -2.44. The Bertz CT molecular complexity index is 827. The van der Waals surface area contributed by atoms with Gasteiger partial charge in [0.2, 0.25) is 0 Å². The van der Waals surface area contributed by atoms with Crippen LogP contribution in [0.1, 0.15) is 42.5 Å². The monoisotopic (exact) mass is 380 g/mol. The minimum Gasteiger partial charge on any atom is -0.367 e. The van der Waals surface area contributed by atoms with Gasteiger partial charge in [0.25, 0.3) is 5.91 Å². The van der Waals surface area contributed by atoms with Gasteiger partial charge in [-0.1, -0.05) is 19.3 Å². The Morgan fingerprint density at radius 2 is 1.93 bits per heavy atom. The van der Waals surface area contributed by atoms with E-state index in [0.29, 0.717) is 17.3 Å². The second-order valence-electron chi connectivity index (χ2n) is 7.58. The van der Waals surface area contributed by atoms with Crippen LogP contribution in [0.3, 0.4) is 0 Å². The van der Waals surface area contributed by atoms with E-state index in [1.54, 1.807) is 12.3 Å². The first-order valence-corrected chi connectivity index (χ1v) is 10.2. The van der Waals surface area contributed by atoms with Gasteiger partial charge in [-0.2, -0.15) is 0 Å². The number of amides is 1. The van der Waals surface area contributed by atoms with E-state index in [1.807, 2.05) is 18.2 Å². The maximum atomic E-state index is 12.0. The maximum Gasteiger partial charge on any atom is 0.250 e. The molecule has 2 aromatic heterocycles. The summed E-state index contributed by atoms with van der Waals surface area (Å²) in [5.41, 5.74) is 7.56. The van der Waals surface area contributed by atoms with E-state index >= 15 is 0 Å². The molecule has 0 aromatic carbocycles. The highest BCUT2D eigenvalue weighted by Gasteiger charge is 2.18. The lowest BCUT2D eigenvalue weighted by atomic mass is 9.95. The highest BCUT2D eigenvalue weighted by atomic mass is 16.1. The maximum absolute atomic E-state index is 12.0. The number of pyridine rings is 2. The fourth-order valence-corrected chi connectivity index (χ4v) is 4.05. The number of rotatable bonds is 5. The van der Waals surface area contributed by atoms with Crippen LogP contribution >= 0.6 is 0 Å². The minimum absolute atomic E-state index is 0.439. The molecule has 0 atom stereocenters. The molecule has 28 heavy (non-hydrogen) atoms. The van der Waals surface area contributed by atoms with Crippen LogP contribution in [0.15, 0.2) is 30.5 Å². The Morgan fingerprint density at radius 3 is 2.68 bits per heavy atom. The molecule has 3 heterocycles. The molecule has 2 fully saturated rings. The average molecular weight is 380 g/mol. The number of hydrogen-bond acceptors (Lipinski definition) is 6. The number of primary amides is 1. The minimum atomic E-state index is -0.465. The number of anilines is 2. The van der Waals surface area contributed by atoms with Crippen molar-refractivity contribution in [3.05, 3.63) is 36.0 Å². The molecule has 0 spiro atoms. The molecule has 1 saturated carbocycles. The number of aromatic nitrogens is 2. The van der Waals surface area contributed by atoms with Crippen LogP contribution in [0.4, 0.5) is 11.6 Å². The van der Waals surface area contributed by atoms with Crippen LogP contribution in [0, 0.1) is 0 Å². The smallest absolute Gasteiger partial charge is 0.250 e. The van der Waals surface area contributed by atoms with Gasteiger partial charge in [0.15, 0.2) is 0 Å². The van der Waals surface area contributed by atoms with Crippen molar-refractivity contribution in [1.29, 1.82) is 0 Å². The van der Waals surface area contributed by atoms with Gasteiger partial charge in [-0.15, -0.1) is 0 Å². The summed E-state index contributed by atoms with van der Waals surface area (Å²) in [5.74, 6) is 1.24. The highest BCUT2D eigenvalue weighted by molar-refractivity contribution is 5.99. The van der Waals surface area contributed by atoms with Crippen molar-refractivity contribution in [3.63, 3.8) is 0 Å². The molecule has 4 N–H and O–H groups in total. The molecule has 7 heteroatoms. The zero-order valence-corrected chi connectivity index (χ0v) is 16.2. The SMILES string of the molecule is NC(=O)c1ccc(N2CCNCC2)nc1-c1ccnc(NC2CCCCC2)c1. The third-order valence-electron chi connectivity index (χ3n) is 5.58. The Hall–Kier alpha value is -2.67. The fraction of sp³-hybridized carbons (Fsp3) is 0.476. The summed E-state index contributed by atoms with van der Waals surface area (Å²) in [6.07, 6.45) is 7.96. The van der Waals surface area contributed by atoms with Crippen LogP contribution < -0.4 is 21.3 Å². The molecule has 4 rings (SSSR count). The van der Waals surface area contributed by atoms with Crippen molar-refractivity contribution in [1.82, 2.24) is 15.3 Å². The number of piperazine rings is 1. The lowest BCUT2D eigenvalue weighted by molar-refractivity contribution is 0.100. The molecule has 1 amide bonds. The van der Waals surface area contributed by atoms with Gasteiger partial charge in [-0.3, -0.25) is 4.79 Å². The van der Waals surface area contributed by atoms with Crippen molar-refractivity contribution in [2.45, 2.75) is 38.1 Å². The zero-order chi connectivity index (χ0) is 19.3. The molecule has 0 bridgehead atoms. The lowest BCUT2D eigenvalue weighted by Gasteiger charge is -2.29. The molecule has 2 aliphatic rings. The van der Waals surface area contributed by atoms with Crippen LogP contribution in [-0.4, -0.2) is 48.1 Å². The molecule has 0 radical (unpaired) electrons. The van der Waals surface area contributed by atoms with Crippen LogP contribution in [0.5, 0.6) is 0 Å². The molecule has 1 aliphatic carbocycles. The van der Waals surface area contributed by atoms with E-state index in [1.165, 1.54) is 32.1 Å². The van der Waals surface area contributed by atoms with E-state index in [9.17, 15) is 4.79 Å². The number of carbonyl (C=O) groups is 1. The normalized spacial score (nSPS) is 18.1. The largest absolute Gasteiger partial charge is 0.367 e. The van der Waals surface area contributed by atoms with Crippen molar-refractivity contribution in [3.8, 4) is 11.3 Å². The number of nitrogens with one attached hydrogen (secondary N) is 2. The van der Waals surface area contributed by atoms with E-state index in [0.717, 1.165) is 43.4 Å². The van der Waals surface area contributed by atoms with E-state index < -0.39 is 5.91 Å². The summed E-state index contributed by atoms with van der Waals surface area (Å²) >= 11 is 0. The Balaban J connectivity index is 1.64. The average Bonchev–Trinajstić information content (AvgIpc) is 2.75. The molecular weight excluding hydrogens is 352 g/mol. The van der Waals surface area contributed by atoms with E-state index in [4.69, 9.17) is 10.7 Å². The second kappa shape index (κ2) is 8.56. The Morgan fingerprint density at radius 1 is 1.14 bits per heavy atom. The molecule has 148 valence electrons. The number of nitrogens with two attached hydrogens (primary N) is 1. The van der Waals surface area contributed by atoms with Crippen LogP contribution in [-0.2, 0) is 0 Å². The van der Waals surface area contributed by atoms with Gasteiger partial charge in [0.05, 0.1) is 11.3 Å². The van der Waals surface area contributed by atoms with Gasteiger partial charge in [0.1, 0.15) is 11.6 Å². The quantitative estimate of drug-likeness (QED) is 0.737. The van der Waals surface area contributed by atoms with Crippen molar-refractivity contribution in [2.24, 2.45) is 5.73 Å². The molecule has 0 unspecified atom stereocenters.